The Bertz CT molecular complexity index is 1310. The summed E-state index contributed by atoms with van der Waals surface area (Å²) in [6.45, 7) is 1.50. The van der Waals surface area contributed by atoms with Crippen molar-refractivity contribution < 1.29 is 24.8 Å². The van der Waals surface area contributed by atoms with E-state index in [1.54, 1.807) is 42.1 Å². The summed E-state index contributed by atoms with van der Waals surface area (Å²) >= 11 is 0. The summed E-state index contributed by atoms with van der Waals surface area (Å²) < 4.78 is 13.9. The number of benzene rings is 2. The van der Waals surface area contributed by atoms with E-state index in [0.29, 0.717) is 33.6 Å². The molecule has 0 aromatic heterocycles. The highest BCUT2D eigenvalue weighted by molar-refractivity contribution is 5.94. The Morgan fingerprint density at radius 2 is 1.88 bits per heavy atom. The molecule has 3 N–H and O–H groups in total. The number of nitrogens with zero attached hydrogens (tertiary/aromatic N) is 3. The van der Waals surface area contributed by atoms with Crippen LogP contribution in [0.5, 0.6) is 5.75 Å². The minimum atomic E-state index is -1.27. The third-order valence-electron chi connectivity index (χ3n) is 5.94. The number of methoxy groups -OCH3 is 1. The summed E-state index contributed by atoms with van der Waals surface area (Å²) in [6, 6.07) is 12.7. The van der Waals surface area contributed by atoms with E-state index in [4.69, 9.17) is 9.47 Å². The molecule has 4 atom stereocenters. The average Bonchev–Trinajstić information content (AvgIpc) is 3.29. The summed E-state index contributed by atoms with van der Waals surface area (Å²) in [5.74, 6) is 0.668. The van der Waals surface area contributed by atoms with Crippen LogP contribution in [0.15, 0.2) is 53.5 Å². The molecule has 32 heavy (non-hydrogen) atoms. The van der Waals surface area contributed by atoms with Crippen molar-refractivity contribution in [3.63, 3.8) is 0 Å². The first-order valence-electron chi connectivity index (χ1n) is 10.2. The van der Waals surface area contributed by atoms with E-state index in [0.717, 1.165) is 5.56 Å². The molecule has 3 aliphatic heterocycles. The SMILES string of the molecule is COc1ccc(-n2nc3c4cc(C)ccc4n(C4O[C@H](CO)[C@@H](O)[C@H]4O)cc-3c2=O)cc1. The lowest BCUT2D eigenvalue weighted by Gasteiger charge is -2.22. The first-order valence-corrected chi connectivity index (χ1v) is 10.2. The van der Waals surface area contributed by atoms with Crippen LogP contribution in [0.4, 0.5) is 0 Å². The van der Waals surface area contributed by atoms with E-state index >= 15 is 0 Å². The summed E-state index contributed by atoms with van der Waals surface area (Å²) in [7, 11) is 1.57. The second kappa shape index (κ2) is 7.72. The van der Waals surface area contributed by atoms with Crippen LogP contribution in [0.25, 0.3) is 27.8 Å². The first-order chi connectivity index (χ1) is 15.4. The van der Waals surface area contributed by atoms with Gasteiger partial charge in [-0.05, 0) is 43.3 Å². The molecule has 0 bridgehead atoms. The minimum Gasteiger partial charge on any atom is -0.497 e. The fourth-order valence-corrected chi connectivity index (χ4v) is 4.22. The van der Waals surface area contributed by atoms with E-state index in [1.807, 2.05) is 25.1 Å². The molecule has 5 rings (SSSR count). The van der Waals surface area contributed by atoms with Gasteiger partial charge in [-0.2, -0.15) is 9.78 Å². The number of aryl methyl sites for hydroxylation is 1. The van der Waals surface area contributed by atoms with E-state index in [-0.39, 0.29) is 5.56 Å². The Morgan fingerprint density at radius 1 is 1.12 bits per heavy atom. The van der Waals surface area contributed by atoms with Gasteiger partial charge in [0.15, 0.2) is 6.23 Å². The molecule has 0 aliphatic carbocycles. The number of rotatable bonds is 4. The maximum atomic E-state index is 13.3. The van der Waals surface area contributed by atoms with Crippen LogP contribution in [0, 0.1) is 6.92 Å². The predicted molar refractivity (Wildman–Crippen MR) is 116 cm³/mol. The van der Waals surface area contributed by atoms with E-state index in [1.165, 1.54) is 4.68 Å². The second-order valence-electron chi connectivity index (χ2n) is 7.96. The largest absolute Gasteiger partial charge is 0.497 e. The fourth-order valence-electron chi connectivity index (χ4n) is 4.22. The molecule has 9 heteroatoms. The van der Waals surface area contributed by atoms with Crippen molar-refractivity contribution in [2.45, 2.75) is 31.5 Å². The molecule has 166 valence electrons. The number of fused-ring (bicyclic) bond motifs is 3. The van der Waals surface area contributed by atoms with Crippen molar-refractivity contribution >= 4 is 10.9 Å². The van der Waals surface area contributed by atoms with Crippen molar-refractivity contribution in [1.82, 2.24) is 14.3 Å². The summed E-state index contributed by atoms with van der Waals surface area (Å²) in [5.41, 5.74) is 2.78. The van der Waals surface area contributed by atoms with E-state index in [9.17, 15) is 20.1 Å². The van der Waals surface area contributed by atoms with Gasteiger partial charge in [-0.1, -0.05) is 11.6 Å². The molecule has 2 aromatic carbocycles. The monoisotopic (exact) mass is 437 g/mol. The molecule has 3 aliphatic rings. The summed E-state index contributed by atoms with van der Waals surface area (Å²) in [4.78, 5) is 13.3. The first kappa shape index (κ1) is 20.7. The Kier molecular flexibility index (Phi) is 4.98. The van der Waals surface area contributed by atoms with Gasteiger partial charge in [-0.25, -0.2) is 0 Å². The second-order valence-corrected chi connectivity index (χ2v) is 7.96. The number of pyridine rings is 1. The summed E-state index contributed by atoms with van der Waals surface area (Å²) in [5, 5.41) is 35.6. The van der Waals surface area contributed by atoms with Gasteiger partial charge in [0.05, 0.1) is 30.5 Å². The van der Waals surface area contributed by atoms with Crippen molar-refractivity contribution in [3.05, 3.63) is 64.6 Å². The predicted octanol–water partition coefficient (Wildman–Crippen LogP) is 1.22. The number of hydrogen-bond acceptors (Lipinski definition) is 7. The molecule has 9 nitrogen and oxygen atoms in total. The highest BCUT2D eigenvalue weighted by Crippen LogP contribution is 2.36. The van der Waals surface area contributed by atoms with Gasteiger partial charge in [0, 0.05) is 11.6 Å². The lowest BCUT2D eigenvalue weighted by atomic mass is 10.0. The molecule has 1 unspecified atom stereocenters. The molecule has 1 fully saturated rings. The van der Waals surface area contributed by atoms with Crippen LogP contribution < -0.4 is 10.3 Å². The van der Waals surface area contributed by atoms with Gasteiger partial charge in [0.2, 0.25) is 0 Å². The van der Waals surface area contributed by atoms with Gasteiger partial charge in [-0.3, -0.25) is 4.79 Å². The highest BCUT2D eigenvalue weighted by Gasteiger charge is 2.43. The van der Waals surface area contributed by atoms with Gasteiger partial charge in [0.25, 0.3) is 5.56 Å². The molecule has 3 heterocycles. The van der Waals surface area contributed by atoms with Gasteiger partial charge < -0.3 is 29.4 Å². The molecule has 1 saturated heterocycles. The normalized spacial score (nSPS) is 23.3. The highest BCUT2D eigenvalue weighted by atomic mass is 16.6. The van der Waals surface area contributed by atoms with Crippen molar-refractivity contribution in [1.29, 1.82) is 0 Å². The number of hydrogen-bond donors (Lipinski definition) is 3. The van der Waals surface area contributed by atoms with E-state index < -0.39 is 31.1 Å². The Labute approximate surface area is 183 Å². The van der Waals surface area contributed by atoms with Crippen molar-refractivity contribution in [3.8, 4) is 22.7 Å². The third kappa shape index (κ3) is 3.09. The summed E-state index contributed by atoms with van der Waals surface area (Å²) in [6.07, 6.45) is -2.83. The standard InChI is InChI=1S/C23H23N3O6/c1-12-3-8-17-15(9-12)19-16(10-25(17)23-21(29)20(28)18(11-27)32-23)22(30)26(24-19)13-4-6-14(31-2)7-5-13/h3-10,18,20-21,23,27-29H,11H2,1-2H3/t18-,20-,21-,23?/m1/s1. The maximum Gasteiger partial charge on any atom is 0.282 e. The molecule has 2 aromatic rings. The number of aliphatic hydroxyl groups excluding tert-OH is 3. The van der Waals surface area contributed by atoms with Gasteiger partial charge in [0.1, 0.15) is 29.8 Å². The number of aliphatic hydroxyl groups is 3. The Morgan fingerprint density at radius 3 is 2.53 bits per heavy atom. The van der Waals surface area contributed by atoms with Crippen LogP contribution in [-0.2, 0) is 4.74 Å². The van der Waals surface area contributed by atoms with Crippen LogP contribution in [0.1, 0.15) is 11.8 Å². The zero-order valence-corrected chi connectivity index (χ0v) is 17.5. The lowest BCUT2D eigenvalue weighted by Crippen LogP contribution is -2.33. The van der Waals surface area contributed by atoms with Crippen LogP contribution in [-0.4, -0.2) is 61.7 Å². The van der Waals surface area contributed by atoms with Crippen molar-refractivity contribution in [2.75, 3.05) is 13.7 Å². The minimum absolute atomic E-state index is 0.325. The van der Waals surface area contributed by atoms with Crippen LogP contribution in [0.2, 0.25) is 0 Å². The average molecular weight is 437 g/mol. The van der Waals surface area contributed by atoms with Crippen LogP contribution in [0.3, 0.4) is 0 Å². The number of ether oxygens (including phenoxy) is 2. The fraction of sp³-hybridized carbons (Fsp3) is 0.304. The third-order valence-corrected chi connectivity index (χ3v) is 5.94. The quantitative estimate of drug-likeness (QED) is 0.439. The topological polar surface area (TPSA) is 119 Å². The zero-order chi connectivity index (χ0) is 22.6. The molecule has 0 saturated carbocycles. The molecule has 0 amide bonds. The maximum absolute atomic E-state index is 13.3. The Hall–Kier alpha value is -3.24. The zero-order valence-electron chi connectivity index (χ0n) is 17.5. The Balaban J connectivity index is 1.75. The lowest BCUT2D eigenvalue weighted by molar-refractivity contribution is -0.0508. The number of aromatic nitrogens is 3. The van der Waals surface area contributed by atoms with Gasteiger partial charge >= 0.3 is 0 Å². The molecular formula is C23H23N3O6. The molecule has 0 spiro atoms. The molecule has 0 radical (unpaired) electrons. The van der Waals surface area contributed by atoms with Crippen molar-refractivity contribution in [2.24, 2.45) is 0 Å². The van der Waals surface area contributed by atoms with E-state index in [2.05, 4.69) is 5.10 Å². The van der Waals surface area contributed by atoms with Gasteiger partial charge in [-0.15, -0.1) is 0 Å². The smallest absolute Gasteiger partial charge is 0.282 e. The van der Waals surface area contributed by atoms with Crippen LogP contribution >= 0.6 is 0 Å². The molecular weight excluding hydrogens is 414 g/mol.